The molecule has 1 aliphatic heterocycles. The number of nitrogens with zero attached hydrogens (tertiary/aromatic N) is 4. The number of ether oxygens (including phenoxy) is 1. The Kier molecular flexibility index (Phi) is 10.1. The lowest BCUT2D eigenvalue weighted by Crippen LogP contribution is -2.41. The van der Waals surface area contributed by atoms with E-state index in [0.717, 1.165) is 18.4 Å². The topological polar surface area (TPSA) is 148 Å². The number of likely N-dealkylation sites (tertiary alicyclic amines) is 1. The SMILES string of the molecule is CCc1cc(-c2ccc(F)cc2)c(O)cc1OCC1CCCN(C(=O)c2ccc(N=NCc3ccccc3S(O)(O)O)nc2)C1. The first-order valence-electron chi connectivity index (χ1n) is 14.6. The normalized spacial score (nSPS) is 15.8. The number of benzene rings is 3. The number of aromatic hydroxyl groups is 1. The number of aryl methyl sites for hydroxylation is 1. The minimum atomic E-state index is -3.88. The number of aromatic nitrogens is 1. The van der Waals surface area contributed by atoms with Crippen molar-refractivity contribution in [2.75, 3.05) is 19.7 Å². The third-order valence-corrected chi connectivity index (χ3v) is 8.66. The number of pyridine rings is 1. The van der Waals surface area contributed by atoms with Crippen LogP contribution >= 0.6 is 10.9 Å². The van der Waals surface area contributed by atoms with Crippen molar-refractivity contribution >= 4 is 22.6 Å². The molecule has 5 rings (SSSR count). The van der Waals surface area contributed by atoms with Gasteiger partial charge in [0.05, 0.1) is 23.6 Å². The van der Waals surface area contributed by atoms with Crippen molar-refractivity contribution in [3.05, 3.63) is 102 Å². The average Bonchev–Trinajstić information content (AvgIpc) is 3.04. The van der Waals surface area contributed by atoms with Gasteiger partial charge in [-0.1, -0.05) is 37.3 Å². The van der Waals surface area contributed by atoms with Crippen LogP contribution < -0.4 is 4.74 Å². The van der Waals surface area contributed by atoms with E-state index in [1.165, 1.54) is 24.4 Å². The fourth-order valence-corrected chi connectivity index (χ4v) is 6.06. The number of hydrogen-bond donors (Lipinski definition) is 4. The van der Waals surface area contributed by atoms with Gasteiger partial charge in [-0.25, -0.2) is 9.37 Å². The monoisotopic (exact) mass is 634 g/mol. The number of carbonyl (C=O) groups is 1. The molecule has 4 aromatic rings. The van der Waals surface area contributed by atoms with Crippen LogP contribution in [0.1, 0.15) is 41.3 Å². The molecule has 0 bridgehead atoms. The Hall–Kier alpha value is -4.36. The highest BCUT2D eigenvalue weighted by Crippen LogP contribution is 2.45. The van der Waals surface area contributed by atoms with E-state index in [1.54, 1.807) is 53.4 Å². The summed E-state index contributed by atoms with van der Waals surface area (Å²) in [6, 6.07) is 19.0. The van der Waals surface area contributed by atoms with Crippen molar-refractivity contribution < 1.29 is 32.7 Å². The highest BCUT2D eigenvalue weighted by molar-refractivity contribution is 8.19. The summed E-state index contributed by atoms with van der Waals surface area (Å²) in [5.41, 5.74) is 3.09. The second kappa shape index (κ2) is 14.2. The summed E-state index contributed by atoms with van der Waals surface area (Å²) in [5.74, 6) is 0.545. The molecule has 45 heavy (non-hydrogen) atoms. The van der Waals surface area contributed by atoms with Crippen molar-refractivity contribution in [1.82, 2.24) is 9.88 Å². The van der Waals surface area contributed by atoms with Gasteiger partial charge in [-0.3, -0.25) is 4.79 Å². The molecule has 10 nitrogen and oxygen atoms in total. The van der Waals surface area contributed by atoms with Gasteiger partial charge in [-0.05, 0) is 72.4 Å². The van der Waals surface area contributed by atoms with Gasteiger partial charge in [0.2, 0.25) is 0 Å². The third-order valence-electron chi connectivity index (χ3n) is 7.67. The molecular formula is C33H35FN4O6S. The zero-order chi connectivity index (χ0) is 32.0. The number of carbonyl (C=O) groups excluding carboxylic acids is 1. The van der Waals surface area contributed by atoms with Crippen LogP contribution in [0, 0.1) is 11.7 Å². The summed E-state index contributed by atoms with van der Waals surface area (Å²) in [6.45, 7) is 3.53. The number of phenols is 1. The minimum absolute atomic E-state index is 0.00393. The molecule has 0 spiro atoms. The number of piperidine rings is 1. The Morgan fingerprint density at radius 2 is 1.84 bits per heavy atom. The first-order valence-corrected chi connectivity index (χ1v) is 16.1. The second-order valence-corrected chi connectivity index (χ2v) is 12.3. The van der Waals surface area contributed by atoms with Crippen LogP contribution in [0.4, 0.5) is 10.2 Å². The molecule has 3 aromatic carbocycles. The number of halogens is 1. The molecule has 0 saturated carbocycles. The highest BCUT2D eigenvalue weighted by atomic mass is 32.3. The second-order valence-electron chi connectivity index (χ2n) is 10.8. The molecule has 1 fully saturated rings. The van der Waals surface area contributed by atoms with Gasteiger partial charge < -0.3 is 28.4 Å². The molecule has 12 heteroatoms. The van der Waals surface area contributed by atoms with Crippen LogP contribution in [-0.4, -0.2) is 54.3 Å². The van der Waals surface area contributed by atoms with Gasteiger partial charge in [0.25, 0.3) is 5.91 Å². The zero-order valence-electron chi connectivity index (χ0n) is 24.7. The fourth-order valence-electron chi connectivity index (χ4n) is 5.32. The van der Waals surface area contributed by atoms with Crippen LogP contribution in [0.5, 0.6) is 11.5 Å². The Morgan fingerprint density at radius 3 is 2.56 bits per heavy atom. The van der Waals surface area contributed by atoms with Crippen LogP contribution in [-0.2, 0) is 13.0 Å². The van der Waals surface area contributed by atoms with Crippen LogP contribution in [0.15, 0.2) is 94.1 Å². The molecule has 1 atom stereocenters. The van der Waals surface area contributed by atoms with E-state index in [2.05, 4.69) is 15.2 Å². The van der Waals surface area contributed by atoms with E-state index >= 15 is 0 Å². The number of phenolic OH excluding ortho intramolecular Hbond substituents is 1. The first-order chi connectivity index (χ1) is 21.6. The molecule has 1 amide bonds. The molecule has 1 saturated heterocycles. The largest absolute Gasteiger partial charge is 0.507 e. The van der Waals surface area contributed by atoms with Gasteiger partial charge in [-0.15, -0.1) is 5.11 Å². The smallest absolute Gasteiger partial charge is 0.255 e. The predicted molar refractivity (Wildman–Crippen MR) is 170 cm³/mol. The van der Waals surface area contributed by atoms with Gasteiger partial charge in [-0.2, -0.15) is 5.11 Å². The number of rotatable bonds is 10. The van der Waals surface area contributed by atoms with Crippen LogP contribution in [0.25, 0.3) is 11.1 Å². The van der Waals surface area contributed by atoms with E-state index in [4.69, 9.17) is 4.74 Å². The van der Waals surface area contributed by atoms with E-state index in [-0.39, 0.29) is 40.6 Å². The molecule has 236 valence electrons. The molecule has 1 aliphatic rings. The van der Waals surface area contributed by atoms with Crippen molar-refractivity contribution in [2.45, 2.75) is 37.6 Å². The van der Waals surface area contributed by atoms with Gasteiger partial charge in [0, 0.05) is 36.8 Å². The van der Waals surface area contributed by atoms with E-state index < -0.39 is 10.9 Å². The van der Waals surface area contributed by atoms with Gasteiger partial charge in [0.1, 0.15) is 28.2 Å². The third kappa shape index (κ3) is 8.03. The van der Waals surface area contributed by atoms with Crippen molar-refractivity contribution in [2.24, 2.45) is 16.1 Å². The summed E-state index contributed by atoms with van der Waals surface area (Å²) in [6.07, 6.45) is 3.87. The lowest BCUT2D eigenvalue weighted by Gasteiger charge is -2.33. The number of hydrogen-bond acceptors (Lipinski definition) is 9. The summed E-state index contributed by atoms with van der Waals surface area (Å²) in [7, 11) is -3.88. The summed E-state index contributed by atoms with van der Waals surface area (Å²) >= 11 is 0. The molecule has 1 unspecified atom stereocenters. The Morgan fingerprint density at radius 1 is 1.07 bits per heavy atom. The fraction of sp³-hybridized carbons (Fsp3) is 0.273. The van der Waals surface area contributed by atoms with Crippen LogP contribution in [0.3, 0.4) is 0 Å². The van der Waals surface area contributed by atoms with Gasteiger partial charge >= 0.3 is 0 Å². The van der Waals surface area contributed by atoms with Crippen molar-refractivity contribution in [1.29, 1.82) is 0 Å². The van der Waals surface area contributed by atoms with Crippen molar-refractivity contribution in [3.8, 4) is 22.6 Å². The minimum Gasteiger partial charge on any atom is -0.507 e. The Labute approximate surface area is 262 Å². The molecular weight excluding hydrogens is 599 g/mol. The van der Waals surface area contributed by atoms with E-state index in [1.807, 2.05) is 13.0 Å². The maximum Gasteiger partial charge on any atom is 0.255 e. The Balaban J connectivity index is 1.18. The lowest BCUT2D eigenvalue weighted by atomic mass is 9.98. The summed E-state index contributed by atoms with van der Waals surface area (Å²) < 4.78 is 48.4. The van der Waals surface area contributed by atoms with Crippen molar-refractivity contribution in [3.63, 3.8) is 0 Å². The molecule has 0 radical (unpaired) electrons. The summed E-state index contributed by atoms with van der Waals surface area (Å²) in [5, 5.41) is 18.8. The molecule has 4 N–H and O–H groups in total. The predicted octanol–water partition coefficient (Wildman–Crippen LogP) is 7.95. The summed E-state index contributed by atoms with van der Waals surface area (Å²) in [4.78, 5) is 19.3. The van der Waals surface area contributed by atoms with Crippen LogP contribution in [0.2, 0.25) is 0 Å². The molecule has 1 aromatic heterocycles. The number of amides is 1. The Bertz CT molecular complexity index is 1660. The quantitative estimate of drug-likeness (QED) is 0.129. The average molecular weight is 635 g/mol. The molecule has 0 aliphatic carbocycles. The maximum atomic E-state index is 13.4. The van der Waals surface area contributed by atoms with E-state index in [0.29, 0.717) is 54.1 Å². The lowest BCUT2D eigenvalue weighted by molar-refractivity contribution is 0.0632. The zero-order valence-corrected chi connectivity index (χ0v) is 25.5. The highest BCUT2D eigenvalue weighted by Gasteiger charge is 2.26. The maximum absolute atomic E-state index is 13.4. The number of azo groups is 1. The van der Waals surface area contributed by atoms with E-state index in [9.17, 15) is 27.9 Å². The standard InChI is InChI=1S/C33H35FN4O6S/c1-2-23-16-28(24-9-12-27(34)13-10-24)29(39)17-30(23)44-21-22-6-5-15-38(20-22)33(40)26-11-14-32(35-18-26)37-36-19-25-7-3-4-8-31(25)45(41,42)43/h3-4,7-14,16-18,22,39,41-43H,2,5-6,15,19-21H2,1H3. The molecule has 2 heterocycles. The van der Waals surface area contributed by atoms with Gasteiger partial charge in [0.15, 0.2) is 5.82 Å². The first kappa shape index (κ1) is 32.0.